The Hall–Kier alpha value is -0.610. The maximum atomic E-state index is 13.6. The normalized spacial score (nSPS) is 13.4. The lowest BCUT2D eigenvalue weighted by atomic mass is 10.0. The van der Waals surface area contributed by atoms with Crippen molar-refractivity contribution >= 4 is 15.9 Å². The molecule has 0 spiro atoms. The van der Waals surface area contributed by atoms with E-state index in [4.69, 9.17) is 4.74 Å². The SMILES string of the molecule is CCC(C)(C)NCC(C)Oc1ccc(Br)cc1F. The number of benzene rings is 1. The molecule has 1 atom stereocenters. The largest absolute Gasteiger partial charge is 0.486 e. The Bertz CT molecular complexity index is 395. The summed E-state index contributed by atoms with van der Waals surface area (Å²) in [7, 11) is 0. The molecule has 0 saturated heterocycles. The Morgan fingerprint density at radius 3 is 2.67 bits per heavy atom. The average Bonchev–Trinajstić information content (AvgIpc) is 2.30. The molecule has 0 aromatic heterocycles. The summed E-state index contributed by atoms with van der Waals surface area (Å²) in [5, 5.41) is 3.40. The van der Waals surface area contributed by atoms with E-state index in [0.29, 0.717) is 16.8 Å². The smallest absolute Gasteiger partial charge is 0.166 e. The van der Waals surface area contributed by atoms with Gasteiger partial charge in [-0.2, -0.15) is 0 Å². The van der Waals surface area contributed by atoms with E-state index in [1.807, 2.05) is 6.92 Å². The van der Waals surface area contributed by atoms with E-state index in [-0.39, 0.29) is 17.5 Å². The molecule has 1 unspecified atom stereocenters. The third kappa shape index (κ3) is 4.94. The highest BCUT2D eigenvalue weighted by molar-refractivity contribution is 9.10. The van der Waals surface area contributed by atoms with Crippen LogP contribution in [0.25, 0.3) is 0 Å². The molecule has 0 saturated carbocycles. The van der Waals surface area contributed by atoms with Gasteiger partial charge >= 0.3 is 0 Å². The van der Waals surface area contributed by atoms with Crippen molar-refractivity contribution in [2.24, 2.45) is 0 Å². The second-order valence-corrected chi connectivity index (χ2v) is 6.04. The van der Waals surface area contributed by atoms with Crippen molar-refractivity contribution in [3.63, 3.8) is 0 Å². The standard InChI is InChI=1S/C14H21BrFNO/c1-5-14(3,4)17-9-10(2)18-13-7-6-11(15)8-12(13)16/h6-8,10,17H,5,9H2,1-4H3. The van der Waals surface area contributed by atoms with Crippen LogP contribution in [-0.4, -0.2) is 18.2 Å². The van der Waals surface area contributed by atoms with E-state index in [1.54, 1.807) is 12.1 Å². The predicted octanol–water partition coefficient (Wildman–Crippen LogP) is 4.13. The van der Waals surface area contributed by atoms with Crippen LogP contribution in [0.4, 0.5) is 4.39 Å². The van der Waals surface area contributed by atoms with Crippen molar-refractivity contribution in [2.75, 3.05) is 6.54 Å². The minimum atomic E-state index is -0.342. The van der Waals surface area contributed by atoms with Crippen molar-refractivity contribution < 1.29 is 9.13 Å². The van der Waals surface area contributed by atoms with Gasteiger partial charge in [0.2, 0.25) is 0 Å². The molecule has 2 nitrogen and oxygen atoms in total. The minimum absolute atomic E-state index is 0.0773. The fraction of sp³-hybridized carbons (Fsp3) is 0.571. The molecule has 1 N–H and O–H groups in total. The maximum absolute atomic E-state index is 13.6. The first-order chi connectivity index (χ1) is 8.34. The third-order valence-electron chi connectivity index (χ3n) is 2.97. The molecule has 0 fully saturated rings. The molecular weight excluding hydrogens is 297 g/mol. The molecule has 1 rings (SSSR count). The number of ether oxygens (including phenoxy) is 1. The third-order valence-corrected chi connectivity index (χ3v) is 3.47. The number of halogens is 2. The molecule has 1 aromatic carbocycles. The summed E-state index contributed by atoms with van der Waals surface area (Å²) >= 11 is 3.22. The van der Waals surface area contributed by atoms with Gasteiger partial charge in [-0.3, -0.25) is 0 Å². The van der Waals surface area contributed by atoms with Crippen LogP contribution in [0.1, 0.15) is 34.1 Å². The van der Waals surface area contributed by atoms with Crippen LogP contribution in [0.5, 0.6) is 5.75 Å². The second kappa shape index (κ2) is 6.53. The van der Waals surface area contributed by atoms with Crippen molar-refractivity contribution in [1.82, 2.24) is 5.32 Å². The lowest BCUT2D eigenvalue weighted by Crippen LogP contribution is -2.43. The van der Waals surface area contributed by atoms with E-state index in [2.05, 4.69) is 42.0 Å². The fourth-order valence-electron chi connectivity index (χ4n) is 1.37. The summed E-state index contributed by atoms with van der Waals surface area (Å²) in [5.41, 5.74) is 0.0792. The fourth-order valence-corrected chi connectivity index (χ4v) is 1.71. The number of hydrogen-bond donors (Lipinski definition) is 1. The molecule has 0 heterocycles. The summed E-state index contributed by atoms with van der Waals surface area (Å²) in [6.07, 6.45) is 0.957. The predicted molar refractivity (Wildman–Crippen MR) is 76.6 cm³/mol. The van der Waals surface area contributed by atoms with Crippen LogP contribution in [0.2, 0.25) is 0 Å². The van der Waals surface area contributed by atoms with E-state index in [0.717, 1.165) is 6.42 Å². The van der Waals surface area contributed by atoms with Crippen LogP contribution < -0.4 is 10.1 Å². The summed E-state index contributed by atoms with van der Waals surface area (Å²) in [6.45, 7) is 9.03. The van der Waals surface area contributed by atoms with Crippen LogP contribution in [-0.2, 0) is 0 Å². The molecule has 0 amide bonds. The van der Waals surface area contributed by atoms with Gasteiger partial charge in [-0.05, 0) is 45.4 Å². The highest BCUT2D eigenvalue weighted by Crippen LogP contribution is 2.22. The summed E-state index contributed by atoms with van der Waals surface area (Å²) in [4.78, 5) is 0. The van der Waals surface area contributed by atoms with Gasteiger partial charge in [0.25, 0.3) is 0 Å². The molecule has 4 heteroatoms. The van der Waals surface area contributed by atoms with E-state index >= 15 is 0 Å². The zero-order valence-electron chi connectivity index (χ0n) is 11.4. The number of nitrogens with one attached hydrogen (secondary N) is 1. The zero-order chi connectivity index (χ0) is 13.8. The maximum Gasteiger partial charge on any atom is 0.166 e. The van der Waals surface area contributed by atoms with Gasteiger partial charge in [-0.1, -0.05) is 22.9 Å². The molecule has 0 aliphatic rings. The highest BCUT2D eigenvalue weighted by Gasteiger charge is 2.16. The van der Waals surface area contributed by atoms with Crippen molar-refractivity contribution in [3.05, 3.63) is 28.5 Å². The van der Waals surface area contributed by atoms with Crippen LogP contribution in [0.3, 0.4) is 0 Å². The summed E-state index contributed by atoms with van der Waals surface area (Å²) in [6, 6.07) is 4.82. The van der Waals surface area contributed by atoms with Gasteiger partial charge < -0.3 is 10.1 Å². The topological polar surface area (TPSA) is 21.3 Å². The molecule has 0 radical (unpaired) electrons. The van der Waals surface area contributed by atoms with Gasteiger partial charge in [0.15, 0.2) is 11.6 Å². The Morgan fingerprint density at radius 1 is 1.44 bits per heavy atom. The second-order valence-electron chi connectivity index (χ2n) is 5.12. The van der Waals surface area contributed by atoms with Crippen LogP contribution in [0, 0.1) is 5.82 Å². The average molecular weight is 318 g/mol. The summed E-state index contributed by atoms with van der Waals surface area (Å²) in [5.74, 6) is -0.0484. The zero-order valence-corrected chi connectivity index (χ0v) is 13.0. The molecule has 0 aliphatic heterocycles. The van der Waals surface area contributed by atoms with Crippen LogP contribution in [0.15, 0.2) is 22.7 Å². The first-order valence-electron chi connectivity index (χ1n) is 6.21. The van der Waals surface area contributed by atoms with Gasteiger partial charge in [-0.25, -0.2) is 4.39 Å². The minimum Gasteiger partial charge on any atom is -0.486 e. The number of rotatable bonds is 6. The molecule has 18 heavy (non-hydrogen) atoms. The van der Waals surface area contributed by atoms with E-state index < -0.39 is 0 Å². The Kier molecular flexibility index (Phi) is 5.60. The Balaban J connectivity index is 2.52. The van der Waals surface area contributed by atoms with E-state index in [9.17, 15) is 4.39 Å². The van der Waals surface area contributed by atoms with Gasteiger partial charge in [0, 0.05) is 16.6 Å². The lowest BCUT2D eigenvalue weighted by molar-refractivity contribution is 0.191. The molecular formula is C14H21BrFNO. The van der Waals surface area contributed by atoms with Gasteiger partial charge in [-0.15, -0.1) is 0 Å². The van der Waals surface area contributed by atoms with Crippen molar-refractivity contribution in [3.8, 4) is 5.75 Å². The monoisotopic (exact) mass is 317 g/mol. The first-order valence-corrected chi connectivity index (χ1v) is 7.00. The Labute approximate surface area is 117 Å². The van der Waals surface area contributed by atoms with Crippen molar-refractivity contribution in [2.45, 2.75) is 45.8 Å². The molecule has 0 bridgehead atoms. The van der Waals surface area contributed by atoms with Gasteiger partial charge in [0.1, 0.15) is 6.10 Å². The lowest BCUT2D eigenvalue weighted by Gasteiger charge is -2.27. The molecule has 1 aromatic rings. The highest BCUT2D eigenvalue weighted by atomic mass is 79.9. The summed E-state index contributed by atoms with van der Waals surface area (Å²) < 4.78 is 19.9. The van der Waals surface area contributed by atoms with Gasteiger partial charge in [0.05, 0.1) is 0 Å². The van der Waals surface area contributed by atoms with Crippen molar-refractivity contribution in [1.29, 1.82) is 0 Å². The van der Waals surface area contributed by atoms with E-state index in [1.165, 1.54) is 6.07 Å². The molecule has 0 aliphatic carbocycles. The Morgan fingerprint density at radius 2 is 2.11 bits per heavy atom. The quantitative estimate of drug-likeness (QED) is 0.851. The first kappa shape index (κ1) is 15.4. The van der Waals surface area contributed by atoms with Crippen LogP contribution >= 0.6 is 15.9 Å². The molecule has 102 valence electrons. The number of hydrogen-bond acceptors (Lipinski definition) is 2.